The number of alkyl halides is 6. The summed E-state index contributed by atoms with van der Waals surface area (Å²) in [6, 6.07) is 5.86. The Balaban J connectivity index is 2.06. The Kier molecular flexibility index (Phi) is 6.04. The SMILES string of the molecule is Fc1ccc(C(F)(F)F)c([C@@H](c2ccc(OC(F)(F)F)cc2)N2CCNCC2)c1. The molecule has 0 aromatic heterocycles. The Morgan fingerprint density at radius 1 is 0.897 bits per heavy atom. The van der Waals surface area contributed by atoms with Crippen molar-refractivity contribution in [2.75, 3.05) is 26.2 Å². The molecular formula is C19H17F7N2O. The van der Waals surface area contributed by atoms with Crippen molar-refractivity contribution in [2.45, 2.75) is 18.6 Å². The first-order valence-electron chi connectivity index (χ1n) is 8.72. The average Bonchev–Trinajstić information content (AvgIpc) is 2.62. The van der Waals surface area contributed by atoms with Crippen molar-refractivity contribution >= 4 is 0 Å². The van der Waals surface area contributed by atoms with E-state index in [0.29, 0.717) is 37.8 Å². The van der Waals surface area contributed by atoms with Gasteiger partial charge in [-0.1, -0.05) is 12.1 Å². The van der Waals surface area contributed by atoms with Crippen LogP contribution in [0.5, 0.6) is 5.75 Å². The van der Waals surface area contributed by atoms with Gasteiger partial charge in [-0.25, -0.2) is 4.39 Å². The van der Waals surface area contributed by atoms with Gasteiger partial charge in [0.2, 0.25) is 0 Å². The highest BCUT2D eigenvalue weighted by atomic mass is 19.4. The van der Waals surface area contributed by atoms with E-state index in [1.165, 1.54) is 12.1 Å². The van der Waals surface area contributed by atoms with E-state index in [1.807, 2.05) is 0 Å². The summed E-state index contributed by atoms with van der Waals surface area (Å²) in [5, 5.41) is 3.08. The Labute approximate surface area is 162 Å². The van der Waals surface area contributed by atoms with E-state index in [1.54, 1.807) is 4.90 Å². The smallest absolute Gasteiger partial charge is 0.406 e. The van der Waals surface area contributed by atoms with Crippen LogP contribution in [0.2, 0.25) is 0 Å². The summed E-state index contributed by atoms with van der Waals surface area (Å²) >= 11 is 0. The van der Waals surface area contributed by atoms with Crippen molar-refractivity contribution in [1.82, 2.24) is 10.2 Å². The van der Waals surface area contributed by atoms with Gasteiger partial charge in [0.15, 0.2) is 0 Å². The minimum absolute atomic E-state index is 0.288. The molecule has 0 spiro atoms. The van der Waals surface area contributed by atoms with E-state index in [2.05, 4.69) is 10.1 Å². The quantitative estimate of drug-likeness (QED) is 0.721. The third-order valence-electron chi connectivity index (χ3n) is 4.56. The number of nitrogens with one attached hydrogen (secondary N) is 1. The van der Waals surface area contributed by atoms with E-state index in [0.717, 1.165) is 24.3 Å². The maximum Gasteiger partial charge on any atom is 0.573 e. The zero-order chi connectivity index (χ0) is 21.2. The number of ether oxygens (including phenoxy) is 1. The van der Waals surface area contributed by atoms with E-state index < -0.39 is 35.7 Å². The molecule has 1 atom stereocenters. The van der Waals surface area contributed by atoms with Crippen molar-refractivity contribution < 1.29 is 35.5 Å². The molecule has 1 fully saturated rings. The summed E-state index contributed by atoms with van der Waals surface area (Å²) < 4.78 is 95.6. The Morgan fingerprint density at radius 2 is 1.52 bits per heavy atom. The monoisotopic (exact) mass is 422 g/mol. The van der Waals surface area contributed by atoms with Gasteiger partial charge in [0.05, 0.1) is 11.6 Å². The van der Waals surface area contributed by atoms with Crippen molar-refractivity contribution in [2.24, 2.45) is 0 Å². The fraction of sp³-hybridized carbons (Fsp3) is 0.368. The Morgan fingerprint density at radius 3 is 2.07 bits per heavy atom. The van der Waals surface area contributed by atoms with Gasteiger partial charge in [0.1, 0.15) is 11.6 Å². The van der Waals surface area contributed by atoms with Crippen LogP contribution in [-0.2, 0) is 6.18 Å². The summed E-state index contributed by atoms with van der Waals surface area (Å²) in [6.07, 6.45) is -9.60. The molecule has 0 bridgehead atoms. The molecule has 1 saturated heterocycles. The van der Waals surface area contributed by atoms with Gasteiger partial charge in [-0.05, 0) is 41.5 Å². The van der Waals surface area contributed by atoms with E-state index >= 15 is 0 Å². The van der Waals surface area contributed by atoms with Gasteiger partial charge in [-0.3, -0.25) is 4.90 Å². The molecular weight excluding hydrogens is 405 g/mol. The van der Waals surface area contributed by atoms with Crippen LogP contribution in [-0.4, -0.2) is 37.4 Å². The molecule has 3 rings (SSSR count). The van der Waals surface area contributed by atoms with Crippen molar-refractivity contribution in [3.05, 3.63) is 65.0 Å². The number of halogens is 7. The summed E-state index contributed by atoms with van der Waals surface area (Å²) in [4.78, 5) is 1.74. The highest BCUT2D eigenvalue weighted by Crippen LogP contribution is 2.40. The lowest BCUT2D eigenvalue weighted by Gasteiger charge is -2.36. The minimum atomic E-state index is -4.88. The molecule has 1 N–H and O–H groups in total. The molecule has 3 nitrogen and oxygen atoms in total. The molecule has 29 heavy (non-hydrogen) atoms. The summed E-state index contributed by atoms with van der Waals surface area (Å²) in [5.74, 6) is -1.32. The van der Waals surface area contributed by atoms with E-state index in [9.17, 15) is 30.7 Å². The second-order valence-corrected chi connectivity index (χ2v) is 6.53. The zero-order valence-electron chi connectivity index (χ0n) is 14.9. The third kappa shape index (κ3) is 5.39. The fourth-order valence-electron chi connectivity index (χ4n) is 3.40. The van der Waals surface area contributed by atoms with E-state index in [4.69, 9.17) is 0 Å². The zero-order valence-corrected chi connectivity index (χ0v) is 14.9. The number of benzene rings is 2. The number of hydrogen-bond acceptors (Lipinski definition) is 3. The largest absolute Gasteiger partial charge is 0.573 e. The van der Waals surface area contributed by atoms with Gasteiger partial charge >= 0.3 is 12.5 Å². The maximum absolute atomic E-state index is 13.9. The number of nitrogens with zero attached hydrogens (tertiary/aromatic N) is 1. The van der Waals surface area contributed by atoms with Gasteiger partial charge < -0.3 is 10.1 Å². The van der Waals surface area contributed by atoms with Crippen LogP contribution >= 0.6 is 0 Å². The highest BCUT2D eigenvalue weighted by molar-refractivity contribution is 5.41. The standard InChI is InChI=1S/C19H17F7N2O/c20-13-3-6-16(18(21,22)23)15(11-13)17(28-9-7-27-8-10-28)12-1-4-14(5-2-12)29-19(24,25)26/h1-6,11,17,27H,7-10H2/t17-/m1/s1. The molecule has 0 amide bonds. The van der Waals surface area contributed by atoms with Crippen LogP contribution in [0, 0.1) is 5.82 Å². The molecule has 10 heteroatoms. The van der Waals surface area contributed by atoms with Crippen LogP contribution in [0.4, 0.5) is 30.7 Å². The lowest BCUT2D eigenvalue weighted by molar-refractivity contribution is -0.274. The maximum atomic E-state index is 13.9. The molecule has 2 aromatic rings. The lowest BCUT2D eigenvalue weighted by atomic mass is 9.92. The lowest BCUT2D eigenvalue weighted by Crippen LogP contribution is -2.45. The minimum Gasteiger partial charge on any atom is -0.406 e. The molecule has 0 radical (unpaired) electrons. The second-order valence-electron chi connectivity index (χ2n) is 6.53. The second kappa shape index (κ2) is 8.19. The van der Waals surface area contributed by atoms with Crippen LogP contribution < -0.4 is 10.1 Å². The van der Waals surface area contributed by atoms with Crippen LogP contribution in [0.25, 0.3) is 0 Å². The fourth-order valence-corrected chi connectivity index (χ4v) is 3.40. The van der Waals surface area contributed by atoms with Crippen LogP contribution in [0.1, 0.15) is 22.7 Å². The third-order valence-corrected chi connectivity index (χ3v) is 4.56. The van der Waals surface area contributed by atoms with Crippen molar-refractivity contribution in [3.8, 4) is 5.75 Å². The molecule has 0 aliphatic carbocycles. The number of rotatable bonds is 4. The summed E-state index contributed by atoms with van der Waals surface area (Å²) in [7, 11) is 0. The highest BCUT2D eigenvalue weighted by Gasteiger charge is 2.38. The molecule has 1 aliphatic heterocycles. The first kappa shape index (κ1) is 21.4. The normalized spacial score (nSPS) is 17.2. The average molecular weight is 422 g/mol. The predicted molar refractivity (Wildman–Crippen MR) is 90.8 cm³/mol. The number of hydrogen-bond donors (Lipinski definition) is 1. The molecule has 2 aromatic carbocycles. The van der Waals surface area contributed by atoms with Crippen molar-refractivity contribution in [1.29, 1.82) is 0 Å². The van der Waals surface area contributed by atoms with Gasteiger partial charge in [0.25, 0.3) is 0 Å². The van der Waals surface area contributed by atoms with Gasteiger partial charge in [-0.2, -0.15) is 13.2 Å². The summed E-state index contributed by atoms with van der Waals surface area (Å²) in [6.45, 7) is 1.81. The molecule has 0 saturated carbocycles. The predicted octanol–water partition coefficient (Wildman–Crippen LogP) is 4.74. The molecule has 0 unspecified atom stereocenters. The topological polar surface area (TPSA) is 24.5 Å². The van der Waals surface area contributed by atoms with Gasteiger partial charge in [-0.15, -0.1) is 13.2 Å². The molecule has 1 aliphatic rings. The van der Waals surface area contributed by atoms with E-state index in [-0.39, 0.29) is 5.56 Å². The molecule has 1 heterocycles. The van der Waals surface area contributed by atoms with Crippen LogP contribution in [0.15, 0.2) is 42.5 Å². The van der Waals surface area contributed by atoms with Crippen LogP contribution in [0.3, 0.4) is 0 Å². The Hall–Kier alpha value is -2.33. The first-order valence-corrected chi connectivity index (χ1v) is 8.72. The summed E-state index contributed by atoms with van der Waals surface area (Å²) in [5.41, 5.74) is -0.973. The van der Waals surface area contributed by atoms with Crippen molar-refractivity contribution in [3.63, 3.8) is 0 Å². The Bertz CT molecular complexity index is 828. The first-order chi connectivity index (χ1) is 13.5. The van der Waals surface area contributed by atoms with Gasteiger partial charge in [0, 0.05) is 26.2 Å². The number of piperazine rings is 1. The molecule has 158 valence electrons.